The molecule has 5 N–H and O–H groups in total. The zero-order valence-corrected chi connectivity index (χ0v) is 23.1. The van der Waals surface area contributed by atoms with E-state index < -0.39 is 11.4 Å². The topological polar surface area (TPSA) is 118 Å². The zero-order valence-electron chi connectivity index (χ0n) is 22.2. The van der Waals surface area contributed by atoms with Gasteiger partial charge in [-0.2, -0.15) is 0 Å². The molecule has 0 radical (unpaired) electrons. The number of carbonyl (C=O) groups is 1. The summed E-state index contributed by atoms with van der Waals surface area (Å²) >= 11 is 1.66. The van der Waals surface area contributed by atoms with Gasteiger partial charge in [-0.05, 0) is 75.6 Å². The standard InChI is InChI=1S/C28H37N5O3S/c1-6-33(30)22-10-9-20(17(2)26(22)29)25(28(4,5)27(34)35)24-14-19(18(3)37-24)15-32-12-13-36-23-8-7-11-31-21(23)16-32/h7-11,14,25H,6,12-13,15-16,29-30H2,1-5H3,(H,34,35). The molecule has 0 saturated carbocycles. The van der Waals surface area contributed by atoms with Crippen LogP contribution < -0.4 is 21.3 Å². The zero-order chi connectivity index (χ0) is 26.9. The highest BCUT2D eigenvalue weighted by molar-refractivity contribution is 7.12. The van der Waals surface area contributed by atoms with Gasteiger partial charge in [0.1, 0.15) is 12.4 Å². The number of nitrogen functional groups attached to an aromatic ring is 1. The highest BCUT2D eigenvalue weighted by atomic mass is 32.1. The highest BCUT2D eigenvalue weighted by Gasteiger charge is 2.41. The lowest BCUT2D eigenvalue weighted by atomic mass is 9.72. The second-order valence-corrected chi connectivity index (χ2v) is 11.5. The number of pyridine rings is 1. The van der Waals surface area contributed by atoms with E-state index >= 15 is 0 Å². The number of nitrogens with zero attached hydrogens (tertiary/aromatic N) is 3. The van der Waals surface area contributed by atoms with Crippen LogP contribution in [0.15, 0.2) is 36.5 Å². The lowest BCUT2D eigenvalue weighted by molar-refractivity contribution is -0.147. The van der Waals surface area contributed by atoms with E-state index in [1.807, 2.05) is 38.1 Å². The normalized spacial score (nSPS) is 15.0. The van der Waals surface area contributed by atoms with Crippen molar-refractivity contribution in [3.8, 4) is 5.75 Å². The summed E-state index contributed by atoms with van der Waals surface area (Å²) in [6, 6.07) is 9.90. The Kier molecular flexibility index (Phi) is 7.77. The minimum absolute atomic E-state index is 0.374. The van der Waals surface area contributed by atoms with Gasteiger partial charge in [-0.1, -0.05) is 6.07 Å². The third-order valence-corrected chi connectivity index (χ3v) is 8.53. The van der Waals surface area contributed by atoms with Gasteiger partial charge in [-0.25, -0.2) is 5.84 Å². The second-order valence-electron chi connectivity index (χ2n) is 10.2. The number of carboxylic acid groups (broad SMARTS) is 1. The molecule has 9 heteroatoms. The Morgan fingerprint density at radius 1 is 1.32 bits per heavy atom. The molecule has 0 bridgehead atoms. The third-order valence-electron chi connectivity index (χ3n) is 7.37. The molecule has 0 amide bonds. The van der Waals surface area contributed by atoms with Gasteiger partial charge in [0, 0.05) is 48.0 Å². The number of fused-ring (bicyclic) bond motifs is 1. The molecule has 1 aliphatic heterocycles. The fourth-order valence-electron chi connectivity index (χ4n) is 4.95. The molecule has 4 rings (SSSR count). The van der Waals surface area contributed by atoms with Crippen LogP contribution in [0.2, 0.25) is 0 Å². The first kappa shape index (κ1) is 26.9. The van der Waals surface area contributed by atoms with Crippen molar-refractivity contribution in [1.82, 2.24) is 9.88 Å². The van der Waals surface area contributed by atoms with Crippen molar-refractivity contribution in [2.45, 2.75) is 53.6 Å². The van der Waals surface area contributed by atoms with Crippen molar-refractivity contribution in [2.75, 3.05) is 30.4 Å². The van der Waals surface area contributed by atoms with Crippen molar-refractivity contribution in [3.63, 3.8) is 0 Å². The summed E-state index contributed by atoms with van der Waals surface area (Å²) in [5.74, 6) is 5.74. The van der Waals surface area contributed by atoms with E-state index in [0.29, 0.717) is 25.4 Å². The number of thiophene rings is 1. The average Bonchev–Trinajstić information content (AvgIpc) is 3.08. The number of hydrogen-bond donors (Lipinski definition) is 3. The molecule has 3 heterocycles. The Bertz CT molecular complexity index is 1290. The summed E-state index contributed by atoms with van der Waals surface area (Å²) in [7, 11) is 0. The molecular weight excluding hydrogens is 486 g/mol. The molecule has 2 aromatic heterocycles. The number of aryl methyl sites for hydroxylation is 1. The maximum Gasteiger partial charge on any atom is 0.310 e. The fraction of sp³-hybridized carbons (Fsp3) is 0.429. The van der Waals surface area contributed by atoms with E-state index in [4.69, 9.17) is 16.3 Å². The number of benzene rings is 1. The smallest absolute Gasteiger partial charge is 0.310 e. The summed E-state index contributed by atoms with van der Waals surface area (Å²) in [5, 5.41) is 11.9. The van der Waals surface area contributed by atoms with Gasteiger partial charge in [0.15, 0.2) is 0 Å². The van der Waals surface area contributed by atoms with Gasteiger partial charge in [-0.15, -0.1) is 11.3 Å². The van der Waals surface area contributed by atoms with Crippen LogP contribution in [-0.4, -0.2) is 40.7 Å². The summed E-state index contributed by atoms with van der Waals surface area (Å²) in [4.78, 5) is 21.5. The Hall–Kier alpha value is -3.14. The van der Waals surface area contributed by atoms with E-state index in [1.54, 1.807) is 36.4 Å². The first-order chi connectivity index (χ1) is 17.5. The molecule has 8 nitrogen and oxygen atoms in total. The summed E-state index contributed by atoms with van der Waals surface area (Å²) in [6.45, 7) is 13.0. The Labute approximate surface area is 222 Å². The van der Waals surface area contributed by atoms with Gasteiger partial charge in [0.2, 0.25) is 0 Å². The number of nitrogens with two attached hydrogens (primary N) is 2. The maximum atomic E-state index is 12.5. The van der Waals surface area contributed by atoms with Gasteiger partial charge >= 0.3 is 5.97 Å². The van der Waals surface area contributed by atoms with Crippen LogP contribution >= 0.6 is 11.3 Å². The molecule has 198 valence electrons. The molecule has 0 saturated heterocycles. The molecule has 0 fully saturated rings. The van der Waals surface area contributed by atoms with E-state index in [9.17, 15) is 9.90 Å². The number of aromatic nitrogens is 1. The summed E-state index contributed by atoms with van der Waals surface area (Å²) in [6.07, 6.45) is 1.79. The number of anilines is 2. The number of rotatable bonds is 8. The molecule has 1 aliphatic rings. The predicted molar refractivity (Wildman–Crippen MR) is 149 cm³/mol. The highest BCUT2D eigenvalue weighted by Crippen LogP contribution is 2.47. The molecule has 3 aromatic rings. The molecule has 0 spiro atoms. The van der Waals surface area contributed by atoms with E-state index in [0.717, 1.165) is 46.2 Å². The number of hydrazine groups is 1. The van der Waals surface area contributed by atoms with Crippen LogP contribution in [0.3, 0.4) is 0 Å². The summed E-state index contributed by atoms with van der Waals surface area (Å²) in [5.41, 5.74) is 10.7. The van der Waals surface area contributed by atoms with Crippen molar-refractivity contribution in [2.24, 2.45) is 11.3 Å². The molecule has 1 unspecified atom stereocenters. The van der Waals surface area contributed by atoms with Gasteiger partial charge < -0.3 is 20.6 Å². The van der Waals surface area contributed by atoms with Crippen LogP contribution in [0.1, 0.15) is 58.8 Å². The minimum Gasteiger partial charge on any atom is -0.490 e. The number of carboxylic acids is 1. The Morgan fingerprint density at radius 3 is 2.78 bits per heavy atom. The molecule has 1 atom stereocenters. The largest absolute Gasteiger partial charge is 0.490 e. The van der Waals surface area contributed by atoms with Crippen LogP contribution in [0, 0.1) is 19.3 Å². The number of aliphatic carboxylic acids is 1. The lowest BCUT2D eigenvalue weighted by Gasteiger charge is -2.32. The van der Waals surface area contributed by atoms with Crippen molar-refractivity contribution in [1.29, 1.82) is 0 Å². The van der Waals surface area contributed by atoms with Crippen LogP contribution in [0.25, 0.3) is 0 Å². The van der Waals surface area contributed by atoms with Crippen LogP contribution in [-0.2, 0) is 17.9 Å². The fourth-order valence-corrected chi connectivity index (χ4v) is 6.30. The number of hydrogen-bond acceptors (Lipinski definition) is 8. The monoisotopic (exact) mass is 523 g/mol. The first-order valence-corrected chi connectivity index (χ1v) is 13.4. The predicted octanol–water partition coefficient (Wildman–Crippen LogP) is 4.68. The quantitative estimate of drug-likeness (QED) is 0.221. The van der Waals surface area contributed by atoms with E-state index in [-0.39, 0.29) is 5.92 Å². The third kappa shape index (κ3) is 5.30. The van der Waals surface area contributed by atoms with Crippen molar-refractivity contribution < 1.29 is 14.6 Å². The summed E-state index contributed by atoms with van der Waals surface area (Å²) < 4.78 is 5.89. The minimum atomic E-state index is -1.06. The van der Waals surface area contributed by atoms with Gasteiger partial charge in [0.25, 0.3) is 0 Å². The average molecular weight is 524 g/mol. The lowest BCUT2D eigenvalue weighted by Crippen LogP contribution is -2.33. The van der Waals surface area contributed by atoms with Crippen LogP contribution in [0.4, 0.5) is 11.4 Å². The maximum absolute atomic E-state index is 12.5. The number of ether oxygens (including phenoxy) is 1. The van der Waals surface area contributed by atoms with Crippen molar-refractivity contribution in [3.05, 3.63) is 68.7 Å². The van der Waals surface area contributed by atoms with E-state index in [1.165, 1.54) is 10.4 Å². The van der Waals surface area contributed by atoms with Gasteiger partial charge in [-0.3, -0.25) is 14.7 Å². The Morgan fingerprint density at radius 2 is 2.08 bits per heavy atom. The first-order valence-electron chi connectivity index (χ1n) is 12.6. The Balaban J connectivity index is 1.71. The van der Waals surface area contributed by atoms with E-state index in [2.05, 4.69) is 22.9 Å². The van der Waals surface area contributed by atoms with Gasteiger partial charge in [0.05, 0.1) is 22.5 Å². The molecule has 1 aromatic carbocycles. The SMILES string of the molecule is CCN(N)c1ccc(C(c2cc(CN3CCOc4cccnc4C3)c(C)s2)C(C)(C)C(=O)O)c(C)c1N. The second kappa shape index (κ2) is 10.7. The van der Waals surface area contributed by atoms with Crippen LogP contribution in [0.5, 0.6) is 5.75 Å². The molecular formula is C28H37N5O3S. The molecule has 37 heavy (non-hydrogen) atoms. The molecule has 0 aliphatic carbocycles. The van der Waals surface area contributed by atoms with Crippen molar-refractivity contribution >= 4 is 28.7 Å².